The zero-order valence-electron chi connectivity index (χ0n) is 16.8. The van der Waals surface area contributed by atoms with E-state index in [4.69, 9.17) is 21.4 Å². The maximum absolute atomic E-state index is 12.8. The molecule has 0 atom stereocenters. The third-order valence-corrected chi connectivity index (χ3v) is 5.08. The van der Waals surface area contributed by atoms with Crippen LogP contribution in [0.25, 0.3) is 16.8 Å². The van der Waals surface area contributed by atoms with E-state index in [1.807, 2.05) is 31.2 Å². The Kier molecular flexibility index (Phi) is 5.37. The first kappa shape index (κ1) is 19.8. The van der Waals surface area contributed by atoms with Crippen LogP contribution in [-0.4, -0.2) is 32.8 Å². The van der Waals surface area contributed by atoms with Crippen LogP contribution < -0.4 is 10.1 Å². The van der Waals surface area contributed by atoms with E-state index in [0.717, 1.165) is 22.6 Å². The minimum atomic E-state index is -0.372. The smallest absolute Gasteiger partial charge is 0.278 e. The van der Waals surface area contributed by atoms with Crippen molar-refractivity contribution in [2.75, 3.05) is 12.4 Å². The quantitative estimate of drug-likeness (QED) is 0.510. The molecule has 2 heterocycles. The average Bonchev–Trinajstić information content (AvgIpc) is 3.13. The van der Waals surface area contributed by atoms with Gasteiger partial charge in [-0.25, -0.2) is 4.52 Å². The fourth-order valence-corrected chi connectivity index (χ4v) is 3.51. The van der Waals surface area contributed by atoms with E-state index < -0.39 is 0 Å². The Balaban J connectivity index is 1.76. The summed E-state index contributed by atoms with van der Waals surface area (Å²) in [6.45, 7) is 3.84. The first-order valence-corrected chi connectivity index (χ1v) is 9.85. The lowest BCUT2D eigenvalue weighted by molar-refractivity contribution is 0.102. The van der Waals surface area contributed by atoms with Crippen LogP contribution in [0.1, 0.15) is 28.8 Å². The number of nitrogens with one attached hydrogen (secondary N) is 1. The van der Waals surface area contributed by atoms with Crippen molar-refractivity contribution in [3.8, 4) is 16.9 Å². The molecule has 0 saturated carbocycles. The van der Waals surface area contributed by atoms with Gasteiger partial charge in [-0.1, -0.05) is 36.7 Å². The Morgan fingerprint density at radius 3 is 2.60 bits per heavy atom. The van der Waals surface area contributed by atoms with Gasteiger partial charge in [0.1, 0.15) is 5.75 Å². The number of aryl methyl sites for hydroxylation is 2. The topological polar surface area (TPSA) is 81.4 Å². The van der Waals surface area contributed by atoms with Crippen molar-refractivity contribution in [3.05, 3.63) is 70.6 Å². The molecule has 4 rings (SSSR count). The number of methoxy groups -OCH3 is 1. The molecule has 8 heteroatoms. The number of ether oxygens (including phenoxy) is 1. The second-order valence-corrected chi connectivity index (χ2v) is 7.17. The minimum Gasteiger partial charge on any atom is -0.497 e. The highest BCUT2D eigenvalue weighted by Gasteiger charge is 2.21. The number of hydrogen-bond acceptors (Lipinski definition) is 5. The van der Waals surface area contributed by atoms with Gasteiger partial charge in [-0.15, -0.1) is 10.2 Å². The molecule has 0 radical (unpaired) electrons. The number of carbonyl (C=O) groups is 1. The summed E-state index contributed by atoms with van der Waals surface area (Å²) in [7, 11) is 1.63. The maximum atomic E-state index is 12.8. The molecule has 0 unspecified atom stereocenters. The molecule has 0 spiro atoms. The number of halogens is 1. The van der Waals surface area contributed by atoms with Gasteiger partial charge in [0.05, 0.1) is 24.1 Å². The lowest BCUT2D eigenvalue weighted by Crippen LogP contribution is -2.18. The van der Waals surface area contributed by atoms with Crippen LogP contribution in [0.4, 0.5) is 5.69 Å². The summed E-state index contributed by atoms with van der Waals surface area (Å²) >= 11 is 6.00. The second-order valence-electron chi connectivity index (χ2n) is 6.74. The van der Waals surface area contributed by atoms with Crippen LogP contribution >= 0.6 is 11.6 Å². The van der Waals surface area contributed by atoms with Crippen molar-refractivity contribution in [1.82, 2.24) is 19.8 Å². The van der Waals surface area contributed by atoms with Crippen molar-refractivity contribution in [2.24, 2.45) is 0 Å². The van der Waals surface area contributed by atoms with Gasteiger partial charge in [0, 0.05) is 10.7 Å². The monoisotopic (exact) mass is 421 g/mol. The first-order valence-electron chi connectivity index (χ1n) is 9.48. The molecule has 2 aromatic carbocycles. The van der Waals surface area contributed by atoms with Gasteiger partial charge in [-0.3, -0.25) is 4.79 Å². The molecule has 2 aromatic heterocycles. The van der Waals surface area contributed by atoms with Crippen LogP contribution in [0, 0.1) is 6.92 Å². The van der Waals surface area contributed by atoms with E-state index >= 15 is 0 Å². The second kappa shape index (κ2) is 8.12. The number of anilines is 1. The highest BCUT2D eigenvalue weighted by Crippen LogP contribution is 2.30. The molecule has 0 saturated heterocycles. The standard InChI is InChI=1S/C22H20ClN5O2/c1-4-18-19(14-8-10-17(30-3)11-9-14)21-26-25-20(13(2)28(21)27-18)22(29)24-16-7-5-6-15(23)12-16/h5-12H,4H2,1-3H3,(H,24,29). The molecule has 7 nitrogen and oxygen atoms in total. The molecular weight excluding hydrogens is 402 g/mol. The number of amides is 1. The number of fused-ring (bicyclic) bond motifs is 1. The summed E-state index contributed by atoms with van der Waals surface area (Å²) in [4.78, 5) is 12.8. The van der Waals surface area contributed by atoms with Crippen molar-refractivity contribution in [3.63, 3.8) is 0 Å². The van der Waals surface area contributed by atoms with Gasteiger partial charge in [0.2, 0.25) is 0 Å². The number of carbonyl (C=O) groups excluding carboxylic acids is 1. The third kappa shape index (κ3) is 3.59. The summed E-state index contributed by atoms with van der Waals surface area (Å²) in [6.07, 6.45) is 0.716. The molecule has 152 valence electrons. The molecule has 1 N–H and O–H groups in total. The van der Waals surface area contributed by atoms with E-state index in [9.17, 15) is 4.79 Å². The number of aromatic nitrogens is 4. The van der Waals surface area contributed by atoms with E-state index in [2.05, 4.69) is 15.5 Å². The van der Waals surface area contributed by atoms with Gasteiger partial charge in [0.15, 0.2) is 11.3 Å². The molecule has 0 bridgehead atoms. The largest absolute Gasteiger partial charge is 0.497 e. The van der Waals surface area contributed by atoms with Crippen LogP contribution in [0.2, 0.25) is 5.02 Å². The molecule has 0 aliphatic heterocycles. The predicted octanol–water partition coefficient (Wildman–Crippen LogP) is 4.58. The van der Waals surface area contributed by atoms with Crippen LogP contribution in [0.15, 0.2) is 48.5 Å². The van der Waals surface area contributed by atoms with Gasteiger partial charge in [0.25, 0.3) is 5.91 Å². The Morgan fingerprint density at radius 1 is 1.17 bits per heavy atom. The van der Waals surface area contributed by atoms with E-state index in [-0.39, 0.29) is 11.6 Å². The number of nitrogens with zero attached hydrogens (tertiary/aromatic N) is 4. The Labute approximate surface area is 178 Å². The van der Waals surface area contributed by atoms with Crippen molar-refractivity contribution in [1.29, 1.82) is 0 Å². The van der Waals surface area contributed by atoms with E-state index in [0.29, 0.717) is 28.5 Å². The normalized spacial score (nSPS) is 10.9. The van der Waals surface area contributed by atoms with Gasteiger partial charge >= 0.3 is 0 Å². The van der Waals surface area contributed by atoms with Crippen molar-refractivity contribution in [2.45, 2.75) is 20.3 Å². The summed E-state index contributed by atoms with van der Waals surface area (Å²) in [5, 5.41) is 16.6. The molecule has 0 fully saturated rings. The van der Waals surface area contributed by atoms with E-state index in [1.54, 1.807) is 42.8 Å². The Hall–Kier alpha value is -3.45. The number of benzene rings is 2. The van der Waals surface area contributed by atoms with Gasteiger partial charge in [-0.2, -0.15) is 5.10 Å². The average molecular weight is 422 g/mol. The zero-order valence-corrected chi connectivity index (χ0v) is 17.6. The van der Waals surface area contributed by atoms with E-state index in [1.165, 1.54) is 0 Å². The van der Waals surface area contributed by atoms with Crippen LogP contribution in [0.3, 0.4) is 0 Å². The SMILES string of the molecule is CCc1nn2c(C)c(C(=O)Nc3cccc(Cl)c3)nnc2c1-c1ccc(OC)cc1. The maximum Gasteiger partial charge on any atom is 0.278 e. The highest BCUT2D eigenvalue weighted by molar-refractivity contribution is 6.30. The molecule has 0 aliphatic carbocycles. The molecular formula is C22H20ClN5O2. The fourth-order valence-electron chi connectivity index (χ4n) is 3.32. The Bertz CT molecular complexity index is 1230. The Morgan fingerprint density at radius 2 is 1.93 bits per heavy atom. The van der Waals surface area contributed by atoms with Gasteiger partial charge < -0.3 is 10.1 Å². The lowest BCUT2D eigenvalue weighted by Gasteiger charge is -2.08. The van der Waals surface area contributed by atoms with Gasteiger partial charge in [-0.05, 0) is 49.2 Å². The number of hydrogen-bond donors (Lipinski definition) is 1. The number of rotatable bonds is 5. The summed E-state index contributed by atoms with van der Waals surface area (Å²) in [5.41, 5.74) is 4.74. The van der Waals surface area contributed by atoms with Crippen LogP contribution in [0.5, 0.6) is 5.75 Å². The fraction of sp³-hybridized carbons (Fsp3) is 0.182. The molecule has 1 amide bonds. The minimum absolute atomic E-state index is 0.203. The molecule has 30 heavy (non-hydrogen) atoms. The molecule has 0 aliphatic rings. The summed E-state index contributed by atoms with van der Waals surface area (Å²) in [6, 6.07) is 14.7. The summed E-state index contributed by atoms with van der Waals surface area (Å²) in [5.74, 6) is 0.402. The van der Waals surface area contributed by atoms with Crippen LogP contribution in [-0.2, 0) is 6.42 Å². The highest BCUT2D eigenvalue weighted by atomic mass is 35.5. The predicted molar refractivity (Wildman–Crippen MR) is 116 cm³/mol. The van der Waals surface area contributed by atoms with Crippen molar-refractivity contribution < 1.29 is 9.53 Å². The third-order valence-electron chi connectivity index (χ3n) is 4.85. The first-order chi connectivity index (χ1) is 14.5. The van der Waals surface area contributed by atoms with Crippen molar-refractivity contribution >= 4 is 28.8 Å². The summed E-state index contributed by atoms with van der Waals surface area (Å²) < 4.78 is 6.93. The molecule has 4 aromatic rings. The lowest BCUT2D eigenvalue weighted by atomic mass is 10.0. The zero-order chi connectivity index (χ0) is 21.3.